The van der Waals surface area contributed by atoms with Crippen molar-refractivity contribution in [3.8, 4) is 17.2 Å². The number of amides is 1. The number of carbonyl (C=O) groups excluding carboxylic acids is 1. The normalized spacial score (nSPS) is 18.4. The standard InChI is InChI=1S/C22H25NO6/c1-14-9-17(22(25)26)23(12-14)21(24)16-10-18(27-2)20(19(11-16)28-3)29-13-15-7-5-4-6-8-15/h4-8,10-11,14,17H,9,12-13H2,1-3H3,(H,25,26)/t14-,17-/m0/s1. The minimum Gasteiger partial charge on any atom is -0.493 e. The van der Waals surface area contributed by atoms with Gasteiger partial charge in [-0.2, -0.15) is 0 Å². The summed E-state index contributed by atoms with van der Waals surface area (Å²) in [6.45, 7) is 2.64. The Kier molecular flexibility index (Phi) is 6.26. The number of carbonyl (C=O) groups is 2. The Balaban J connectivity index is 1.89. The monoisotopic (exact) mass is 399 g/mol. The molecule has 0 radical (unpaired) electrons. The van der Waals surface area contributed by atoms with E-state index in [1.165, 1.54) is 19.1 Å². The van der Waals surface area contributed by atoms with Crippen molar-refractivity contribution >= 4 is 11.9 Å². The molecule has 7 heteroatoms. The fourth-order valence-corrected chi connectivity index (χ4v) is 3.55. The van der Waals surface area contributed by atoms with Crippen LogP contribution in [0, 0.1) is 5.92 Å². The SMILES string of the molecule is COc1cc(C(=O)N2C[C@@H](C)C[C@H]2C(=O)O)cc(OC)c1OCc1ccccc1. The summed E-state index contributed by atoms with van der Waals surface area (Å²) in [4.78, 5) is 26.0. The van der Waals surface area contributed by atoms with Crippen molar-refractivity contribution in [3.05, 3.63) is 53.6 Å². The van der Waals surface area contributed by atoms with Crippen molar-refractivity contribution in [3.63, 3.8) is 0 Å². The van der Waals surface area contributed by atoms with Crippen LogP contribution in [0.3, 0.4) is 0 Å². The van der Waals surface area contributed by atoms with Crippen LogP contribution in [0.4, 0.5) is 0 Å². The number of carboxylic acids is 1. The van der Waals surface area contributed by atoms with Crippen LogP contribution >= 0.6 is 0 Å². The highest BCUT2D eigenvalue weighted by Gasteiger charge is 2.38. The van der Waals surface area contributed by atoms with Gasteiger partial charge in [-0.1, -0.05) is 37.3 Å². The van der Waals surface area contributed by atoms with Crippen molar-refractivity contribution in [2.24, 2.45) is 5.92 Å². The first kappa shape index (κ1) is 20.5. The molecule has 1 N–H and O–H groups in total. The molecule has 0 aliphatic carbocycles. The molecule has 0 aromatic heterocycles. The highest BCUT2D eigenvalue weighted by molar-refractivity contribution is 5.98. The van der Waals surface area contributed by atoms with Gasteiger partial charge in [0.15, 0.2) is 11.5 Å². The van der Waals surface area contributed by atoms with Gasteiger partial charge >= 0.3 is 5.97 Å². The average Bonchev–Trinajstić information content (AvgIpc) is 3.13. The predicted molar refractivity (Wildman–Crippen MR) is 107 cm³/mol. The zero-order valence-electron chi connectivity index (χ0n) is 16.8. The molecule has 2 atom stereocenters. The summed E-state index contributed by atoms with van der Waals surface area (Å²) >= 11 is 0. The van der Waals surface area contributed by atoms with Crippen LogP contribution in [0.1, 0.15) is 29.3 Å². The summed E-state index contributed by atoms with van der Waals surface area (Å²) in [5, 5.41) is 9.46. The molecule has 3 rings (SSSR count). The number of aliphatic carboxylic acids is 1. The van der Waals surface area contributed by atoms with Gasteiger partial charge < -0.3 is 24.2 Å². The smallest absolute Gasteiger partial charge is 0.326 e. The van der Waals surface area contributed by atoms with Crippen LogP contribution in [0.15, 0.2) is 42.5 Å². The first-order chi connectivity index (χ1) is 13.9. The van der Waals surface area contributed by atoms with Crippen molar-refractivity contribution in [1.29, 1.82) is 0 Å². The van der Waals surface area contributed by atoms with E-state index in [4.69, 9.17) is 14.2 Å². The molecule has 2 aromatic carbocycles. The summed E-state index contributed by atoms with van der Waals surface area (Å²) in [6, 6.07) is 11.9. The zero-order valence-corrected chi connectivity index (χ0v) is 16.8. The minimum absolute atomic E-state index is 0.123. The Labute approximate surface area is 169 Å². The molecule has 7 nitrogen and oxygen atoms in total. The molecule has 1 fully saturated rings. The highest BCUT2D eigenvalue weighted by Crippen LogP contribution is 2.40. The van der Waals surface area contributed by atoms with E-state index in [9.17, 15) is 14.7 Å². The number of rotatable bonds is 7. The van der Waals surface area contributed by atoms with Gasteiger partial charge in [-0.05, 0) is 30.0 Å². The summed E-state index contributed by atoms with van der Waals surface area (Å²) in [7, 11) is 2.97. The number of likely N-dealkylation sites (tertiary alicyclic amines) is 1. The first-order valence-corrected chi connectivity index (χ1v) is 9.41. The third-order valence-electron chi connectivity index (χ3n) is 4.99. The lowest BCUT2D eigenvalue weighted by atomic mass is 10.1. The number of hydrogen-bond acceptors (Lipinski definition) is 5. The largest absolute Gasteiger partial charge is 0.493 e. The van der Waals surface area contributed by atoms with Gasteiger partial charge in [0, 0.05) is 12.1 Å². The minimum atomic E-state index is -0.996. The van der Waals surface area contributed by atoms with Crippen LogP contribution in [-0.2, 0) is 11.4 Å². The van der Waals surface area contributed by atoms with Crippen LogP contribution in [-0.4, -0.2) is 48.7 Å². The second-order valence-electron chi connectivity index (χ2n) is 7.14. The Morgan fingerprint density at radius 3 is 2.28 bits per heavy atom. The molecule has 0 unspecified atom stereocenters. The van der Waals surface area contributed by atoms with Crippen molar-refractivity contribution < 1.29 is 28.9 Å². The van der Waals surface area contributed by atoms with E-state index in [0.29, 0.717) is 42.4 Å². The molecular formula is C22H25NO6. The zero-order chi connectivity index (χ0) is 21.0. The van der Waals surface area contributed by atoms with Crippen LogP contribution in [0.5, 0.6) is 17.2 Å². The summed E-state index contributed by atoms with van der Waals surface area (Å²) in [6.07, 6.45) is 0.438. The van der Waals surface area contributed by atoms with E-state index in [2.05, 4.69) is 0 Å². The maximum absolute atomic E-state index is 13.0. The van der Waals surface area contributed by atoms with Gasteiger partial charge in [0.1, 0.15) is 12.6 Å². The van der Waals surface area contributed by atoms with Gasteiger partial charge in [0.05, 0.1) is 14.2 Å². The van der Waals surface area contributed by atoms with Gasteiger partial charge in [-0.3, -0.25) is 4.79 Å². The van der Waals surface area contributed by atoms with Crippen molar-refractivity contribution in [1.82, 2.24) is 4.90 Å². The first-order valence-electron chi connectivity index (χ1n) is 9.41. The lowest BCUT2D eigenvalue weighted by Crippen LogP contribution is -2.40. The molecular weight excluding hydrogens is 374 g/mol. The number of ether oxygens (including phenoxy) is 3. The molecule has 154 valence electrons. The summed E-state index contributed by atoms with van der Waals surface area (Å²) < 4.78 is 16.8. The Hall–Kier alpha value is -3.22. The lowest BCUT2D eigenvalue weighted by Gasteiger charge is -2.23. The molecule has 0 spiro atoms. The quantitative estimate of drug-likeness (QED) is 0.770. The van der Waals surface area contributed by atoms with Crippen LogP contribution < -0.4 is 14.2 Å². The lowest BCUT2D eigenvalue weighted by molar-refractivity contribution is -0.141. The molecule has 1 saturated heterocycles. The molecule has 0 saturated carbocycles. The molecule has 1 aliphatic rings. The number of nitrogens with zero attached hydrogens (tertiary/aromatic N) is 1. The van der Waals surface area contributed by atoms with Crippen LogP contribution in [0.2, 0.25) is 0 Å². The van der Waals surface area contributed by atoms with Crippen LogP contribution in [0.25, 0.3) is 0 Å². The molecule has 1 aliphatic heterocycles. The Bertz CT molecular complexity index is 857. The molecule has 0 bridgehead atoms. The summed E-state index contributed by atoms with van der Waals surface area (Å²) in [5.74, 6) is -0.153. The van der Waals surface area contributed by atoms with E-state index in [-0.39, 0.29) is 11.8 Å². The number of carboxylic acid groups (broad SMARTS) is 1. The van der Waals surface area contributed by atoms with Gasteiger partial charge in [0.2, 0.25) is 5.75 Å². The van der Waals surface area contributed by atoms with Gasteiger partial charge in [-0.25, -0.2) is 4.79 Å². The average molecular weight is 399 g/mol. The Morgan fingerprint density at radius 1 is 1.10 bits per heavy atom. The molecule has 2 aromatic rings. The molecule has 1 heterocycles. The highest BCUT2D eigenvalue weighted by atomic mass is 16.5. The van der Waals surface area contributed by atoms with E-state index in [0.717, 1.165) is 5.56 Å². The maximum atomic E-state index is 13.0. The number of hydrogen-bond donors (Lipinski definition) is 1. The second kappa shape index (κ2) is 8.86. The van der Waals surface area contributed by atoms with Crippen molar-refractivity contribution in [2.75, 3.05) is 20.8 Å². The fourth-order valence-electron chi connectivity index (χ4n) is 3.55. The van der Waals surface area contributed by atoms with E-state index >= 15 is 0 Å². The van der Waals surface area contributed by atoms with E-state index < -0.39 is 12.0 Å². The summed E-state index contributed by atoms with van der Waals surface area (Å²) in [5.41, 5.74) is 1.28. The maximum Gasteiger partial charge on any atom is 0.326 e. The van der Waals surface area contributed by atoms with Crippen molar-refractivity contribution in [2.45, 2.75) is 26.0 Å². The van der Waals surface area contributed by atoms with Gasteiger partial charge in [-0.15, -0.1) is 0 Å². The predicted octanol–water partition coefficient (Wildman–Crippen LogP) is 3.22. The molecule has 29 heavy (non-hydrogen) atoms. The fraction of sp³-hybridized carbons (Fsp3) is 0.364. The second-order valence-corrected chi connectivity index (χ2v) is 7.14. The Morgan fingerprint density at radius 2 is 1.72 bits per heavy atom. The van der Waals surface area contributed by atoms with E-state index in [1.807, 2.05) is 37.3 Å². The topological polar surface area (TPSA) is 85.3 Å². The molecule has 1 amide bonds. The third kappa shape index (κ3) is 4.45. The number of benzene rings is 2. The van der Waals surface area contributed by atoms with Gasteiger partial charge in [0.25, 0.3) is 5.91 Å². The number of methoxy groups -OCH3 is 2. The van der Waals surface area contributed by atoms with E-state index in [1.54, 1.807) is 12.1 Å². The third-order valence-corrected chi connectivity index (χ3v) is 4.99.